The molecule has 2 aromatic carbocycles. The van der Waals surface area contributed by atoms with Crippen LogP contribution in [0.3, 0.4) is 0 Å². The van der Waals surface area contributed by atoms with Gasteiger partial charge in [0.2, 0.25) is 0 Å². The molecule has 0 spiro atoms. The summed E-state index contributed by atoms with van der Waals surface area (Å²) in [6.45, 7) is 4.38. The molecule has 140 valence electrons. The van der Waals surface area contributed by atoms with Crippen molar-refractivity contribution in [2.45, 2.75) is 31.4 Å². The van der Waals surface area contributed by atoms with Crippen LogP contribution in [0.4, 0.5) is 5.69 Å². The highest BCUT2D eigenvalue weighted by molar-refractivity contribution is 8.01. The van der Waals surface area contributed by atoms with Gasteiger partial charge in [0.15, 0.2) is 4.75 Å². The standard InChI is InChI=1S/C20H23Cl2NO2S/c1-3-5-13-25-19(24)20(26-4-2,14-9-7-6-8-10-14)17-16(23)12-11-15(21)18(17)22/h6-12H,3-5,13,23H2,1-2H3. The van der Waals surface area contributed by atoms with Crippen LogP contribution in [-0.2, 0) is 14.3 Å². The lowest BCUT2D eigenvalue weighted by atomic mass is 9.88. The summed E-state index contributed by atoms with van der Waals surface area (Å²) in [5, 5.41) is 0.637. The summed E-state index contributed by atoms with van der Waals surface area (Å²) in [6.07, 6.45) is 1.73. The normalized spacial score (nSPS) is 13.2. The monoisotopic (exact) mass is 411 g/mol. The van der Waals surface area contributed by atoms with E-state index in [0.29, 0.717) is 28.6 Å². The lowest BCUT2D eigenvalue weighted by molar-refractivity contribution is -0.145. The van der Waals surface area contributed by atoms with Crippen LogP contribution in [0.25, 0.3) is 0 Å². The van der Waals surface area contributed by atoms with Gasteiger partial charge < -0.3 is 10.5 Å². The molecule has 2 aromatic rings. The molecule has 26 heavy (non-hydrogen) atoms. The molecule has 0 aliphatic carbocycles. The number of unbranched alkanes of at least 4 members (excludes halogenated alkanes) is 1. The molecule has 0 fully saturated rings. The van der Waals surface area contributed by atoms with Crippen molar-refractivity contribution in [1.29, 1.82) is 0 Å². The molecule has 2 N–H and O–H groups in total. The van der Waals surface area contributed by atoms with Gasteiger partial charge in [0.25, 0.3) is 0 Å². The number of carbonyl (C=O) groups is 1. The predicted molar refractivity (Wildman–Crippen MR) is 112 cm³/mol. The molecule has 3 nitrogen and oxygen atoms in total. The number of esters is 1. The average molecular weight is 412 g/mol. The van der Waals surface area contributed by atoms with Gasteiger partial charge in [-0.3, -0.25) is 0 Å². The SMILES string of the molecule is CCCCOC(=O)C(SCC)(c1ccccc1)c1c(N)ccc(Cl)c1Cl. The predicted octanol–water partition coefficient (Wildman–Crippen LogP) is 5.92. The molecule has 0 saturated heterocycles. The number of hydrogen-bond donors (Lipinski definition) is 1. The molecule has 2 rings (SSSR count). The summed E-state index contributed by atoms with van der Waals surface area (Å²) in [5.74, 6) is 0.292. The third-order valence-electron chi connectivity index (χ3n) is 4.04. The highest BCUT2D eigenvalue weighted by Crippen LogP contribution is 2.50. The molecule has 0 aliphatic rings. The van der Waals surface area contributed by atoms with Gasteiger partial charge in [0.05, 0.1) is 16.7 Å². The number of carbonyl (C=O) groups excluding carboxylic acids is 1. The average Bonchev–Trinajstić information content (AvgIpc) is 2.65. The van der Waals surface area contributed by atoms with Gasteiger partial charge in [-0.1, -0.05) is 73.8 Å². The van der Waals surface area contributed by atoms with Gasteiger partial charge in [-0.05, 0) is 29.9 Å². The molecule has 0 aromatic heterocycles. The molecule has 0 saturated carbocycles. The smallest absolute Gasteiger partial charge is 0.331 e. The second kappa shape index (κ2) is 9.54. The zero-order valence-electron chi connectivity index (χ0n) is 14.9. The van der Waals surface area contributed by atoms with Gasteiger partial charge >= 0.3 is 5.97 Å². The Kier molecular flexibility index (Phi) is 7.69. The fourth-order valence-corrected chi connectivity index (χ4v) is 4.61. The van der Waals surface area contributed by atoms with E-state index in [1.54, 1.807) is 12.1 Å². The van der Waals surface area contributed by atoms with Crippen molar-refractivity contribution in [3.63, 3.8) is 0 Å². The van der Waals surface area contributed by atoms with Crippen molar-refractivity contribution in [3.8, 4) is 0 Å². The van der Waals surface area contributed by atoms with E-state index < -0.39 is 4.75 Å². The molecule has 0 heterocycles. The van der Waals surface area contributed by atoms with E-state index in [1.165, 1.54) is 11.8 Å². The maximum Gasteiger partial charge on any atom is 0.331 e. The summed E-state index contributed by atoms with van der Waals surface area (Å²) in [5.41, 5.74) is 7.95. The molecule has 6 heteroatoms. The Balaban J connectivity index is 2.72. The quantitative estimate of drug-likeness (QED) is 0.332. The Morgan fingerprint density at radius 2 is 1.85 bits per heavy atom. The number of anilines is 1. The fourth-order valence-electron chi connectivity index (χ4n) is 2.80. The number of benzene rings is 2. The van der Waals surface area contributed by atoms with E-state index in [2.05, 4.69) is 0 Å². The van der Waals surface area contributed by atoms with Gasteiger partial charge in [-0.25, -0.2) is 4.79 Å². The van der Waals surface area contributed by atoms with Crippen LogP contribution >= 0.6 is 35.0 Å². The third kappa shape index (κ3) is 4.13. The second-order valence-electron chi connectivity index (χ2n) is 5.80. The molecular formula is C20H23Cl2NO2S. The van der Waals surface area contributed by atoms with Crippen molar-refractivity contribution in [1.82, 2.24) is 0 Å². The minimum atomic E-state index is -1.17. The summed E-state index contributed by atoms with van der Waals surface area (Å²) in [6, 6.07) is 12.8. The first-order valence-corrected chi connectivity index (χ1v) is 10.3. The summed E-state index contributed by atoms with van der Waals surface area (Å²) in [4.78, 5) is 13.3. The van der Waals surface area contributed by atoms with E-state index >= 15 is 0 Å². The fraction of sp³-hybridized carbons (Fsp3) is 0.350. The van der Waals surface area contributed by atoms with E-state index in [4.69, 9.17) is 33.7 Å². The molecule has 0 bridgehead atoms. The Labute approximate surface area is 169 Å². The third-order valence-corrected chi connectivity index (χ3v) is 6.17. The van der Waals surface area contributed by atoms with Gasteiger partial charge in [0.1, 0.15) is 0 Å². The molecule has 0 radical (unpaired) electrons. The summed E-state index contributed by atoms with van der Waals surface area (Å²) in [7, 11) is 0. The maximum atomic E-state index is 13.3. The first-order valence-electron chi connectivity index (χ1n) is 8.59. The lowest BCUT2D eigenvalue weighted by Crippen LogP contribution is -2.37. The number of nitrogen functional groups attached to an aromatic ring is 1. The van der Waals surface area contributed by atoms with Crippen molar-refractivity contribution < 1.29 is 9.53 Å². The van der Waals surface area contributed by atoms with Gasteiger partial charge in [0, 0.05) is 11.3 Å². The van der Waals surface area contributed by atoms with Crippen LogP contribution in [-0.4, -0.2) is 18.3 Å². The molecule has 0 aliphatic heterocycles. The van der Waals surface area contributed by atoms with Crippen LogP contribution in [0.15, 0.2) is 42.5 Å². The first kappa shape index (κ1) is 20.9. The Hall–Kier alpha value is -1.36. The molecule has 1 atom stereocenters. The number of nitrogens with two attached hydrogens (primary N) is 1. The van der Waals surface area contributed by atoms with Crippen LogP contribution < -0.4 is 5.73 Å². The Bertz CT molecular complexity index is 755. The maximum absolute atomic E-state index is 13.3. The van der Waals surface area contributed by atoms with Crippen molar-refractivity contribution in [3.05, 3.63) is 63.6 Å². The largest absolute Gasteiger partial charge is 0.464 e. The topological polar surface area (TPSA) is 52.3 Å². The van der Waals surface area contributed by atoms with Crippen LogP contribution in [0.2, 0.25) is 10.0 Å². The Morgan fingerprint density at radius 3 is 2.46 bits per heavy atom. The second-order valence-corrected chi connectivity index (χ2v) is 8.06. The highest BCUT2D eigenvalue weighted by Gasteiger charge is 2.47. The molecule has 1 unspecified atom stereocenters. The number of rotatable bonds is 8. The van der Waals surface area contributed by atoms with E-state index in [0.717, 1.165) is 18.4 Å². The minimum absolute atomic E-state index is 0.281. The van der Waals surface area contributed by atoms with E-state index in [1.807, 2.05) is 44.2 Å². The summed E-state index contributed by atoms with van der Waals surface area (Å²) < 4.78 is 4.47. The number of halogens is 2. The number of ether oxygens (including phenoxy) is 1. The summed E-state index contributed by atoms with van der Waals surface area (Å²) >= 11 is 14.2. The van der Waals surface area contributed by atoms with E-state index in [-0.39, 0.29) is 11.0 Å². The first-order chi connectivity index (χ1) is 12.5. The van der Waals surface area contributed by atoms with E-state index in [9.17, 15) is 4.79 Å². The van der Waals surface area contributed by atoms with Crippen molar-refractivity contribution in [2.24, 2.45) is 0 Å². The zero-order chi connectivity index (χ0) is 19.2. The molecular weight excluding hydrogens is 389 g/mol. The Morgan fingerprint density at radius 1 is 1.15 bits per heavy atom. The number of thioether (sulfide) groups is 1. The highest BCUT2D eigenvalue weighted by atomic mass is 35.5. The van der Waals surface area contributed by atoms with Crippen LogP contribution in [0, 0.1) is 0 Å². The van der Waals surface area contributed by atoms with Crippen molar-refractivity contribution >= 4 is 46.6 Å². The van der Waals surface area contributed by atoms with Gasteiger partial charge in [-0.15, -0.1) is 11.8 Å². The van der Waals surface area contributed by atoms with Gasteiger partial charge in [-0.2, -0.15) is 0 Å². The van der Waals surface area contributed by atoms with Crippen molar-refractivity contribution in [2.75, 3.05) is 18.1 Å². The lowest BCUT2D eigenvalue weighted by Gasteiger charge is -2.33. The van der Waals surface area contributed by atoms with Crippen LogP contribution in [0.1, 0.15) is 37.8 Å². The minimum Gasteiger partial charge on any atom is -0.464 e. The zero-order valence-corrected chi connectivity index (χ0v) is 17.3. The molecule has 0 amide bonds. The van der Waals surface area contributed by atoms with Crippen LogP contribution in [0.5, 0.6) is 0 Å². The number of hydrogen-bond acceptors (Lipinski definition) is 4.